The topological polar surface area (TPSA) is 25.8 Å². The fraction of sp³-hybridized carbons (Fsp3) is 0.385. The fourth-order valence-electron chi connectivity index (χ4n) is 1.51. The molecule has 0 atom stereocenters. The van der Waals surface area contributed by atoms with E-state index in [1.54, 1.807) is 0 Å². The van der Waals surface area contributed by atoms with Crippen molar-refractivity contribution in [1.82, 2.24) is 0 Å². The second-order valence-electron chi connectivity index (χ2n) is 3.77. The van der Waals surface area contributed by atoms with Crippen LogP contribution >= 0.6 is 0 Å². The van der Waals surface area contributed by atoms with E-state index in [4.69, 9.17) is 4.74 Å². The van der Waals surface area contributed by atoms with Crippen molar-refractivity contribution < 1.29 is 10.1 Å². The van der Waals surface area contributed by atoms with Crippen LogP contribution in [0.2, 0.25) is 0 Å². The minimum Gasteiger partial charge on any atom is -0.488 e. The van der Waals surface area contributed by atoms with Crippen LogP contribution in [0.1, 0.15) is 11.1 Å². The monoisotopic (exact) mass is 206 g/mol. The minimum absolute atomic E-state index is 0.747. The molecule has 2 N–H and O–H groups in total. The van der Waals surface area contributed by atoms with Gasteiger partial charge in [-0.3, -0.25) is 0 Å². The van der Waals surface area contributed by atoms with E-state index in [0.29, 0.717) is 0 Å². The third-order valence-electron chi connectivity index (χ3n) is 2.12. The van der Waals surface area contributed by atoms with Crippen LogP contribution in [0.25, 0.3) is 0 Å². The smallest absolute Gasteiger partial charge is 0.137 e. The summed E-state index contributed by atoms with van der Waals surface area (Å²) in [6, 6.07) is 6.29. The molecule has 0 aliphatic carbocycles. The van der Waals surface area contributed by atoms with Crippen molar-refractivity contribution in [3.8, 4) is 5.75 Å². The van der Waals surface area contributed by atoms with Gasteiger partial charge in [-0.1, -0.05) is 12.6 Å². The molecule has 0 fully saturated rings. The summed E-state index contributed by atoms with van der Waals surface area (Å²) in [7, 11) is 0. The molecule has 15 heavy (non-hydrogen) atoms. The average molecular weight is 206 g/mol. The Morgan fingerprint density at radius 2 is 1.93 bits per heavy atom. The van der Waals surface area contributed by atoms with Gasteiger partial charge in [-0.2, -0.15) is 0 Å². The number of hydrogen-bond acceptors (Lipinski definition) is 1. The van der Waals surface area contributed by atoms with Crippen molar-refractivity contribution in [1.29, 1.82) is 0 Å². The van der Waals surface area contributed by atoms with E-state index in [2.05, 4.69) is 43.9 Å². The van der Waals surface area contributed by atoms with E-state index in [1.807, 2.05) is 6.08 Å². The van der Waals surface area contributed by atoms with Crippen LogP contribution in [0.15, 0.2) is 30.9 Å². The fourth-order valence-corrected chi connectivity index (χ4v) is 1.51. The molecular weight excluding hydrogens is 186 g/mol. The lowest BCUT2D eigenvalue weighted by Crippen LogP contribution is -2.85. The Morgan fingerprint density at radius 3 is 2.53 bits per heavy atom. The summed E-state index contributed by atoms with van der Waals surface area (Å²) in [5, 5.41) is 2.18. The molecule has 0 amide bonds. The lowest BCUT2D eigenvalue weighted by molar-refractivity contribution is -0.646. The van der Waals surface area contributed by atoms with Crippen molar-refractivity contribution >= 4 is 0 Å². The Bertz CT molecular complexity index is 300. The van der Waals surface area contributed by atoms with E-state index in [1.165, 1.54) is 11.1 Å². The first-order valence-corrected chi connectivity index (χ1v) is 5.36. The molecule has 0 saturated heterocycles. The molecule has 0 aromatic heterocycles. The van der Waals surface area contributed by atoms with Crippen LogP contribution in [-0.2, 0) is 0 Å². The van der Waals surface area contributed by atoms with Crippen molar-refractivity contribution in [2.24, 2.45) is 0 Å². The molecule has 0 bridgehead atoms. The number of benzene rings is 1. The second-order valence-corrected chi connectivity index (χ2v) is 3.77. The molecule has 0 aliphatic rings. The molecule has 1 aromatic carbocycles. The van der Waals surface area contributed by atoms with E-state index in [0.717, 1.165) is 25.4 Å². The molecule has 2 heteroatoms. The number of quaternary nitrogens is 1. The number of rotatable bonds is 6. The van der Waals surface area contributed by atoms with Crippen LogP contribution < -0.4 is 10.1 Å². The van der Waals surface area contributed by atoms with Crippen molar-refractivity contribution in [2.45, 2.75) is 13.8 Å². The van der Waals surface area contributed by atoms with E-state index >= 15 is 0 Å². The molecule has 1 aromatic rings. The highest BCUT2D eigenvalue weighted by Crippen LogP contribution is 2.15. The summed E-state index contributed by atoms with van der Waals surface area (Å²) in [4.78, 5) is 0. The van der Waals surface area contributed by atoms with E-state index in [-0.39, 0.29) is 0 Å². The summed E-state index contributed by atoms with van der Waals surface area (Å²) in [5.74, 6) is 0.972. The zero-order chi connectivity index (χ0) is 11.1. The van der Waals surface area contributed by atoms with Crippen LogP contribution in [0.3, 0.4) is 0 Å². The SMILES string of the molecule is C=CC[NH2+]CCOc1cc(C)cc(C)c1. The van der Waals surface area contributed by atoms with Crippen LogP contribution in [0, 0.1) is 13.8 Å². The molecule has 0 radical (unpaired) electrons. The Balaban J connectivity index is 2.33. The molecular formula is C13H20NO+. The molecule has 0 heterocycles. The van der Waals surface area contributed by atoms with Gasteiger partial charge < -0.3 is 10.1 Å². The van der Waals surface area contributed by atoms with Gasteiger partial charge in [-0.15, -0.1) is 0 Å². The zero-order valence-corrected chi connectivity index (χ0v) is 9.62. The third kappa shape index (κ3) is 4.66. The van der Waals surface area contributed by atoms with Gasteiger partial charge in [-0.25, -0.2) is 0 Å². The molecule has 0 saturated carbocycles. The summed E-state index contributed by atoms with van der Waals surface area (Å²) in [6.07, 6.45) is 1.90. The average Bonchev–Trinajstić information content (AvgIpc) is 2.16. The quantitative estimate of drug-likeness (QED) is 0.553. The first-order chi connectivity index (χ1) is 7.22. The van der Waals surface area contributed by atoms with Crippen LogP contribution in [0.5, 0.6) is 5.75 Å². The summed E-state index contributed by atoms with van der Waals surface area (Å²) < 4.78 is 5.65. The van der Waals surface area contributed by atoms with Crippen LogP contribution in [-0.4, -0.2) is 19.7 Å². The summed E-state index contributed by atoms with van der Waals surface area (Å²) >= 11 is 0. The maximum atomic E-state index is 5.65. The first-order valence-electron chi connectivity index (χ1n) is 5.36. The molecule has 82 valence electrons. The van der Waals surface area contributed by atoms with Gasteiger partial charge >= 0.3 is 0 Å². The van der Waals surface area contributed by atoms with Crippen LogP contribution in [0.4, 0.5) is 0 Å². The van der Waals surface area contributed by atoms with Crippen molar-refractivity contribution in [3.63, 3.8) is 0 Å². The van der Waals surface area contributed by atoms with Gasteiger partial charge in [0, 0.05) is 0 Å². The number of ether oxygens (including phenoxy) is 1. The first kappa shape index (κ1) is 11.8. The maximum Gasteiger partial charge on any atom is 0.137 e. The third-order valence-corrected chi connectivity index (χ3v) is 2.12. The number of nitrogens with two attached hydrogens (primary N) is 1. The highest BCUT2D eigenvalue weighted by atomic mass is 16.5. The molecule has 2 nitrogen and oxygen atoms in total. The molecule has 1 rings (SSSR count). The zero-order valence-electron chi connectivity index (χ0n) is 9.62. The van der Waals surface area contributed by atoms with Gasteiger partial charge in [0.05, 0.1) is 6.54 Å². The normalized spacial score (nSPS) is 10.0. The number of aryl methyl sites for hydroxylation is 2. The second kappa shape index (κ2) is 6.25. The Kier molecular flexibility index (Phi) is 4.91. The van der Waals surface area contributed by atoms with Gasteiger partial charge in [0.15, 0.2) is 0 Å². The largest absolute Gasteiger partial charge is 0.488 e. The summed E-state index contributed by atoms with van der Waals surface area (Å²) in [6.45, 7) is 10.5. The Labute approximate surface area is 92.0 Å². The predicted molar refractivity (Wildman–Crippen MR) is 63.3 cm³/mol. The van der Waals surface area contributed by atoms with E-state index < -0.39 is 0 Å². The van der Waals surface area contributed by atoms with E-state index in [9.17, 15) is 0 Å². The Hall–Kier alpha value is -1.28. The molecule has 0 unspecified atom stereocenters. The van der Waals surface area contributed by atoms with Gasteiger partial charge in [-0.05, 0) is 43.2 Å². The van der Waals surface area contributed by atoms with Gasteiger partial charge in [0.25, 0.3) is 0 Å². The predicted octanol–water partition coefficient (Wildman–Crippen LogP) is 1.43. The van der Waals surface area contributed by atoms with Crippen molar-refractivity contribution in [3.05, 3.63) is 42.0 Å². The summed E-state index contributed by atoms with van der Waals surface area (Å²) in [5.41, 5.74) is 2.50. The maximum absolute atomic E-state index is 5.65. The highest BCUT2D eigenvalue weighted by molar-refractivity contribution is 5.32. The van der Waals surface area contributed by atoms with Crippen molar-refractivity contribution in [2.75, 3.05) is 19.7 Å². The molecule has 0 spiro atoms. The highest BCUT2D eigenvalue weighted by Gasteiger charge is 1.96. The minimum atomic E-state index is 0.747. The Morgan fingerprint density at radius 1 is 1.27 bits per heavy atom. The number of hydrogen-bond donors (Lipinski definition) is 1. The lowest BCUT2D eigenvalue weighted by Gasteiger charge is -2.07. The van der Waals surface area contributed by atoms with Gasteiger partial charge in [0.2, 0.25) is 0 Å². The standard InChI is InChI=1S/C13H19NO/c1-4-5-14-6-7-15-13-9-11(2)8-12(3)10-13/h4,8-10,14H,1,5-7H2,2-3H3/p+1. The molecule has 0 aliphatic heterocycles. The van der Waals surface area contributed by atoms with Gasteiger partial charge in [0.1, 0.15) is 18.9 Å². The lowest BCUT2D eigenvalue weighted by atomic mass is 10.1.